The van der Waals surface area contributed by atoms with E-state index in [-0.39, 0.29) is 12.3 Å². The van der Waals surface area contributed by atoms with Gasteiger partial charge >= 0.3 is 17.9 Å². The van der Waals surface area contributed by atoms with Crippen LogP contribution < -0.4 is 0 Å². The molecule has 1 aromatic carbocycles. The highest BCUT2D eigenvalue weighted by atomic mass is 19.1. The van der Waals surface area contributed by atoms with Crippen molar-refractivity contribution in [1.82, 2.24) is 15.0 Å². The number of carbonyl (C=O) groups excluding carboxylic acids is 3. The van der Waals surface area contributed by atoms with Gasteiger partial charge in [0, 0.05) is 31.2 Å². The van der Waals surface area contributed by atoms with E-state index in [0.717, 1.165) is 13.8 Å². The Balaban J connectivity index is 2.10. The minimum absolute atomic E-state index is 0.269. The highest BCUT2D eigenvalue weighted by molar-refractivity contribution is 5.67. The third kappa shape index (κ3) is 5.85. The topological polar surface area (TPSA) is 168 Å². The molecule has 1 aromatic heterocycles. The number of halogens is 1. The summed E-state index contributed by atoms with van der Waals surface area (Å²) in [4.78, 5) is 37.9. The molecular formula is C20H21FN6O7. The maximum Gasteiger partial charge on any atom is 0.303 e. The summed E-state index contributed by atoms with van der Waals surface area (Å²) in [5.74, 6) is -2.56. The first-order valence-electron chi connectivity index (χ1n) is 10.0. The average Bonchev–Trinajstić information content (AvgIpc) is 3.23. The Morgan fingerprint density at radius 2 is 1.88 bits per heavy atom. The molecule has 2 aromatic rings. The zero-order valence-electron chi connectivity index (χ0n) is 18.4. The summed E-state index contributed by atoms with van der Waals surface area (Å²) in [7, 11) is 0. The van der Waals surface area contributed by atoms with Crippen LogP contribution in [0.3, 0.4) is 0 Å². The largest absolute Gasteiger partial charge is 0.463 e. The fraction of sp³-hybridized carbons (Fsp3) is 0.450. The number of ether oxygens (including phenoxy) is 4. The van der Waals surface area contributed by atoms with Crippen molar-refractivity contribution in [3.05, 3.63) is 46.7 Å². The zero-order chi connectivity index (χ0) is 24.8. The van der Waals surface area contributed by atoms with Crippen molar-refractivity contribution in [3.8, 4) is 11.3 Å². The number of carbonyl (C=O) groups is 3. The van der Waals surface area contributed by atoms with E-state index < -0.39 is 54.3 Å². The summed E-state index contributed by atoms with van der Waals surface area (Å²) in [6, 6.07) is 4.52. The summed E-state index contributed by atoms with van der Waals surface area (Å²) in [6.07, 6.45) is -3.56. The molecule has 14 heteroatoms. The number of hydrogen-bond donors (Lipinski definition) is 0. The highest BCUT2D eigenvalue weighted by Gasteiger charge is 2.51. The fourth-order valence-corrected chi connectivity index (χ4v) is 3.55. The molecule has 0 N–H and O–H groups in total. The number of aromatic nitrogens is 3. The molecule has 3 rings (SSSR count). The third-order valence-electron chi connectivity index (χ3n) is 4.79. The molecule has 0 spiro atoms. The average molecular weight is 476 g/mol. The lowest BCUT2D eigenvalue weighted by molar-refractivity contribution is -0.227. The molecule has 0 bridgehead atoms. The van der Waals surface area contributed by atoms with Gasteiger partial charge in [0.05, 0.1) is 6.20 Å². The summed E-state index contributed by atoms with van der Waals surface area (Å²) >= 11 is 0. The highest BCUT2D eigenvalue weighted by Crippen LogP contribution is 2.36. The summed E-state index contributed by atoms with van der Waals surface area (Å²) < 4.78 is 36.5. The lowest BCUT2D eigenvalue weighted by Crippen LogP contribution is -2.58. The van der Waals surface area contributed by atoms with Crippen LogP contribution in [0.4, 0.5) is 4.39 Å². The van der Waals surface area contributed by atoms with Crippen LogP contribution in [0.2, 0.25) is 0 Å². The molecule has 34 heavy (non-hydrogen) atoms. The molecule has 0 saturated carbocycles. The van der Waals surface area contributed by atoms with Crippen LogP contribution in [-0.2, 0) is 33.3 Å². The van der Waals surface area contributed by atoms with Gasteiger partial charge in [0.2, 0.25) is 0 Å². The van der Waals surface area contributed by atoms with Crippen LogP contribution in [0.5, 0.6) is 0 Å². The van der Waals surface area contributed by atoms with E-state index in [9.17, 15) is 18.8 Å². The molecule has 13 nitrogen and oxygen atoms in total. The van der Waals surface area contributed by atoms with Gasteiger partial charge in [0.15, 0.2) is 18.4 Å². The van der Waals surface area contributed by atoms with Crippen molar-refractivity contribution in [1.29, 1.82) is 0 Å². The minimum atomic E-state index is -1.38. The smallest absolute Gasteiger partial charge is 0.303 e. The third-order valence-corrected chi connectivity index (χ3v) is 4.79. The maximum atomic E-state index is 13.7. The first kappa shape index (κ1) is 24.6. The van der Waals surface area contributed by atoms with Crippen LogP contribution in [0.25, 0.3) is 21.7 Å². The van der Waals surface area contributed by atoms with Gasteiger partial charge in [-0.15, -0.1) is 5.10 Å². The molecule has 2 heterocycles. The number of esters is 3. The number of azide groups is 1. The van der Waals surface area contributed by atoms with Crippen LogP contribution in [0.15, 0.2) is 35.6 Å². The van der Waals surface area contributed by atoms with Crippen LogP contribution in [-0.4, -0.2) is 64.0 Å². The molecule has 5 atom stereocenters. The first-order valence-corrected chi connectivity index (χ1v) is 10.0. The predicted octanol–water partition coefficient (Wildman–Crippen LogP) is 2.09. The van der Waals surface area contributed by atoms with E-state index in [2.05, 4.69) is 20.3 Å². The fourth-order valence-electron chi connectivity index (χ4n) is 3.55. The number of rotatable bonds is 7. The van der Waals surface area contributed by atoms with Gasteiger partial charge in [0.1, 0.15) is 30.3 Å². The Hall–Kier alpha value is -4.03. The second-order valence-electron chi connectivity index (χ2n) is 7.31. The minimum Gasteiger partial charge on any atom is -0.463 e. The normalized spacial score (nSPS) is 23.9. The summed E-state index contributed by atoms with van der Waals surface area (Å²) in [5.41, 5.74) is 9.70. The van der Waals surface area contributed by atoms with Gasteiger partial charge in [-0.05, 0) is 17.7 Å². The Morgan fingerprint density at radius 1 is 1.18 bits per heavy atom. The van der Waals surface area contributed by atoms with E-state index in [1.54, 1.807) is 6.07 Å². The molecule has 0 amide bonds. The Kier molecular flexibility index (Phi) is 7.76. The van der Waals surface area contributed by atoms with E-state index in [4.69, 9.17) is 24.5 Å². The van der Waals surface area contributed by atoms with Gasteiger partial charge in [-0.2, -0.15) is 0 Å². The van der Waals surface area contributed by atoms with Gasteiger partial charge in [0.25, 0.3) is 0 Å². The molecule has 0 aliphatic carbocycles. The van der Waals surface area contributed by atoms with E-state index in [0.29, 0.717) is 5.56 Å². The monoisotopic (exact) mass is 476 g/mol. The summed E-state index contributed by atoms with van der Waals surface area (Å²) in [5, 5.41) is 11.6. The first-order chi connectivity index (χ1) is 16.2. The SMILES string of the molecule is CC(=O)OC[C@H]1OC(N=[N+]=[N-])[C@H](OC(C)=O)[C@@H](n2cc(-c3cccc(F)c3)nn2)[C@H]1OC(C)=O. The van der Waals surface area contributed by atoms with Gasteiger partial charge in [-0.3, -0.25) is 14.4 Å². The predicted molar refractivity (Wildman–Crippen MR) is 110 cm³/mol. The van der Waals surface area contributed by atoms with Crippen LogP contribution in [0.1, 0.15) is 26.8 Å². The van der Waals surface area contributed by atoms with Gasteiger partial charge in [-0.1, -0.05) is 22.5 Å². The zero-order valence-corrected chi connectivity index (χ0v) is 18.4. The van der Waals surface area contributed by atoms with Crippen molar-refractivity contribution in [2.75, 3.05) is 6.61 Å². The number of hydrogen-bond acceptors (Lipinski definition) is 10. The Labute approximate surface area is 192 Å². The number of benzene rings is 1. The van der Waals surface area contributed by atoms with Crippen molar-refractivity contribution >= 4 is 17.9 Å². The maximum absolute atomic E-state index is 13.7. The van der Waals surface area contributed by atoms with Crippen LogP contribution >= 0.6 is 0 Å². The van der Waals surface area contributed by atoms with Gasteiger partial charge < -0.3 is 18.9 Å². The standard InChI is InChI=1S/C20H21FN6O7/c1-10(28)31-9-16-18(32-11(2)29)17(19(33-12(3)30)20(34-16)24-25-22)27-8-15(23-26-27)13-5-4-6-14(21)7-13/h4-8,16-20H,9H2,1-3H3/t16-,17+,18+,19-,20?/m1/s1. The van der Waals surface area contributed by atoms with E-state index in [1.165, 1.54) is 36.0 Å². The van der Waals surface area contributed by atoms with Crippen molar-refractivity contribution in [2.24, 2.45) is 5.11 Å². The molecule has 1 unspecified atom stereocenters. The molecule has 1 fully saturated rings. The van der Waals surface area contributed by atoms with Crippen molar-refractivity contribution < 1.29 is 37.7 Å². The molecule has 1 aliphatic rings. The Morgan fingerprint density at radius 3 is 2.50 bits per heavy atom. The molecular weight excluding hydrogens is 455 g/mol. The quantitative estimate of drug-likeness (QED) is 0.191. The lowest BCUT2D eigenvalue weighted by atomic mass is 9.95. The molecule has 180 valence electrons. The lowest BCUT2D eigenvalue weighted by Gasteiger charge is -2.43. The van der Waals surface area contributed by atoms with Crippen LogP contribution in [0, 0.1) is 5.82 Å². The molecule has 1 saturated heterocycles. The van der Waals surface area contributed by atoms with E-state index in [1.807, 2.05) is 0 Å². The van der Waals surface area contributed by atoms with Crippen molar-refractivity contribution in [2.45, 2.75) is 51.4 Å². The Bertz CT molecular complexity index is 1120. The molecule has 0 radical (unpaired) electrons. The second-order valence-corrected chi connectivity index (χ2v) is 7.31. The van der Waals surface area contributed by atoms with E-state index >= 15 is 0 Å². The number of nitrogens with zero attached hydrogens (tertiary/aromatic N) is 6. The second kappa shape index (κ2) is 10.7. The summed E-state index contributed by atoms with van der Waals surface area (Å²) in [6.45, 7) is 3.10. The van der Waals surface area contributed by atoms with Crippen molar-refractivity contribution in [3.63, 3.8) is 0 Å². The molecule has 1 aliphatic heterocycles. The van der Waals surface area contributed by atoms with Gasteiger partial charge in [-0.25, -0.2) is 9.07 Å².